The van der Waals surface area contributed by atoms with E-state index in [1.165, 1.54) is 4.90 Å². The Morgan fingerprint density at radius 1 is 1.22 bits per heavy atom. The number of nitrogens with one attached hydrogen (secondary N) is 1. The summed E-state index contributed by atoms with van der Waals surface area (Å²) in [5, 5.41) is 3.07. The number of carbonyl (C=O) groups excluding carboxylic acids is 2. The highest BCUT2D eigenvalue weighted by Crippen LogP contribution is 2.16. The molecule has 0 spiro atoms. The lowest BCUT2D eigenvalue weighted by atomic mass is 10.0. The quantitative estimate of drug-likeness (QED) is 0.338. The molecule has 1 aliphatic heterocycles. The van der Waals surface area contributed by atoms with Crippen molar-refractivity contribution in [2.45, 2.75) is 19.4 Å². The predicted octanol–water partition coefficient (Wildman–Crippen LogP) is -0.850. The Morgan fingerprint density at radius 3 is 2.13 bits per heavy atom. The number of likely N-dealkylation sites (N-methyl/N-ethyl adjacent to an activating group) is 1. The first-order valence-corrected chi connectivity index (χ1v) is 7.41. The number of halogens is 1. The Hall–Kier alpha value is -1.10. The Bertz CT molecular complexity index is 445. The van der Waals surface area contributed by atoms with Crippen LogP contribution < -0.4 is 11.1 Å². The summed E-state index contributed by atoms with van der Waals surface area (Å²) in [5.41, 5.74) is 4.81. The Morgan fingerprint density at radius 2 is 1.74 bits per heavy atom. The van der Waals surface area contributed by atoms with E-state index < -0.39 is 5.54 Å². The number of primary amides is 1. The van der Waals surface area contributed by atoms with Crippen molar-refractivity contribution in [1.29, 1.82) is 0 Å². The lowest BCUT2D eigenvalue weighted by molar-refractivity contribution is -0.129. The molecule has 0 atom stereocenters. The first-order valence-electron chi connectivity index (χ1n) is 7.41. The van der Waals surface area contributed by atoms with Crippen LogP contribution in [0.1, 0.15) is 13.8 Å². The Kier molecular flexibility index (Phi) is 8.82. The number of amides is 2. The van der Waals surface area contributed by atoms with E-state index >= 15 is 0 Å². The molecule has 0 aromatic carbocycles. The molecule has 0 bridgehead atoms. The van der Waals surface area contributed by atoms with Gasteiger partial charge in [0.1, 0.15) is 0 Å². The monoisotopic (exact) mass is 440 g/mol. The van der Waals surface area contributed by atoms with Crippen LogP contribution in [0, 0.1) is 0 Å². The van der Waals surface area contributed by atoms with Gasteiger partial charge in [-0.2, -0.15) is 0 Å². The van der Waals surface area contributed by atoms with Gasteiger partial charge < -0.3 is 20.9 Å². The van der Waals surface area contributed by atoms with Gasteiger partial charge >= 0.3 is 0 Å². The summed E-state index contributed by atoms with van der Waals surface area (Å²) in [7, 11) is 5.14. The molecule has 0 aliphatic carbocycles. The van der Waals surface area contributed by atoms with Crippen LogP contribution in [0.4, 0.5) is 0 Å². The summed E-state index contributed by atoms with van der Waals surface area (Å²) in [4.78, 5) is 33.1. The van der Waals surface area contributed by atoms with E-state index in [1.54, 1.807) is 21.1 Å². The van der Waals surface area contributed by atoms with Gasteiger partial charge in [0.05, 0.1) is 12.1 Å². The fraction of sp³-hybridized carbons (Fsp3) is 0.786. The first kappa shape index (κ1) is 21.9. The minimum atomic E-state index is -0.649. The zero-order chi connectivity index (χ0) is 16.9. The molecule has 1 saturated heterocycles. The Labute approximate surface area is 155 Å². The summed E-state index contributed by atoms with van der Waals surface area (Å²) < 4.78 is 0. The number of hydrogen-bond acceptors (Lipinski definition) is 4. The van der Waals surface area contributed by atoms with E-state index in [-0.39, 0.29) is 42.3 Å². The highest BCUT2D eigenvalue weighted by atomic mass is 127. The summed E-state index contributed by atoms with van der Waals surface area (Å²) in [5.74, 6) is 0.376. The van der Waals surface area contributed by atoms with Crippen molar-refractivity contribution in [2.75, 3.05) is 53.9 Å². The van der Waals surface area contributed by atoms with Gasteiger partial charge in [0.15, 0.2) is 5.96 Å². The third-order valence-corrected chi connectivity index (χ3v) is 4.08. The minimum absolute atomic E-state index is 0. The van der Waals surface area contributed by atoms with Crippen LogP contribution in [0.15, 0.2) is 4.99 Å². The highest BCUT2D eigenvalue weighted by molar-refractivity contribution is 14.0. The molecule has 0 aromatic heterocycles. The van der Waals surface area contributed by atoms with Gasteiger partial charge in [0.25, 0.3) is 0 Å². The molecule has 0 saturated carbocycles. The molecule has 134 valence electrons. The zero-order valence-electron chi connectivity index (χ0n) is 14.6. The number of carbonyl (C=O) groups is 2. The van der Waals surface area contributed by atoms with Crippen molar-refractivity contribution in [3.63, 3.8) is 0 Å². The smallest absolute Gasteiger partial charge is 0.241 e. The molecule has 23 heavy (non-hydrogen) atoms. The minimum Gasteiger partial charge on any atom is -0.368 e. The van der Waals surface area contributed by atoms with Gasteiger partial charge in [0.2, 0.25) is 11.8 Å². The molecule has 1 fully saturated rings. The highest BCUT2D eigenvalue weighted by Gasteiger charge is 2.35. The second kappa shape index (κ2) is 9.26. The maximum Gasteiger partial charge on any atom is 0.241 e. The number of piperazine rings is 1. The van der Waals surface area contributed by atoms with E-state index in [9.17, 15) is 9.59 Å². The van der Waals surface area contributed by atoms with Gasteiger partial charge in [-0.3, -0.25) is 19.5 Å². The SMILES string of the molecule is CN=C(NCC(=O)N(C)C)N1CCN(C(C)(C)C(N)=O)CC1.I. The summed E-state index contributed by atoms with van der Waals surface area (Å²) in [6, 6.07) is 0. The van der Waals surface area contributed by atoms with Crippen molar-refractivity contribution >= 4 is 41.8 Å². The van der Waals surface area contributed by atoms with Crippen LogP contribution in [0.2, 0.25) is 0 Å². The second-order valence-electron chi connectivity index (χ2n) is 6.09. The number of aliphatic imine (C=N–C) groups is 1. The molecule has 0 aromatic rings. The van der Waals surface area contributed by atoms with E-state index in [0.29, 0.717) is 5.96 Å². The lowest BCUT2D eigenvalue weighted by Crippen LogP contribution is -2.61. The summed E-state index contributed by atoms with van der Waals surface area (Å²) in [6.07, 6.45) is 0. The standard InChI is InChI=1S/C14H28N6O2.HI/c1-14(2,12(15)22)20-8-6-19(7-9-20)13(16-3)17-10-11(21)18(4)5;/h6-10H2,1-5H3,(H2,15,22)(H,16,17);1H. The largest absolute Gasteiger partial charge is 0.368 e. The van der Waals surface area contributed by atoms with Crippen molar-refractivity contribution < 1.29 is 9.59 Å². The lowest BCUT2D eigenvalue weighted by Gasteiger charge is -2.43. The van der Waals surface area contributed by atoms with Crippen molar-refractivity contribution in [1.82, 2.24) is 20.0 Å². The molecule has 1 heterocycles. The van der Waals surface area contributed by atoms with Crippen LogP contribution in [-0.4, -0.2) is 91.9 Å². The average Bonchev–Trinajstić information content (AvgIpc) is 2.47. The topological polar surface area (TPSA) is 94.3 Å². The molecule has 2 amide bonds. The van der Waals surface area contributed by atoms with E-state index in [0.717, 1.165) is 26.2 Å². The molecule has 0 radical (unpaired) electrons. The van der Waals surface area contributed by atoms with Gasteiger partial charge in [0, 0.05) is 47.3 Å². The molecular weight excluding hydrogens is 411 g/mol. The van der Waals surface area contributed by atoms with Crippen LogP contribution in [-0.2, 0) is 9.59 Å². The number of nitrogens with zero attached hydrogens (tertiary/aromatic N) is 4. The van der Waals surface area contributed by atoms with E-state index in [2.05, 4.69) is 20.1 Å². The van der Waals surface area contributed by atoms with Crippen LogP contribution in [0.25, 0.3) is 0 Å². The predicted molar refractivity (Wildman–Crippen MR) is 102 cm³/mol. The van der Waals surface area contributed by atoms with Gasteiger partial charge in [-0.15, -0.1) is 24.0 Å². The molecule has 0 unspecified atom stereocenters. The van der Waals surface area contributed by atoms with Crippen LogP contribution in [0.5, 0.6) is 0 Å². The second-order valence-corrected chi connectivity index (χ2v) is 6.09. The van der Waals surface area contributed by atoms with E-state index in [4.69, 9.17) is 5.73 Å². The van der Waals surface area contributed by atoms with Gasteiger partial charge in [-0.1, -0.05) is 0 Å². The molecular formula is C14H29IN6O2. The molecule has 1 rings (SSSR count). The average molecular weight is 440 g/mol. The molecule has 1 aliphatic rings. The van der Waals surface area contributed by atoms with Crippen molar-refractivity contribution in [3.8, 4) is 0 Å². The first-order chi connectivity index (χ1) is 10.2. The Balaban J connectivity index is 0.00000484. The van der Waals surface area contributed by atoms with Crippen molar-refractivity contribution in [3.05, 3.63) is 0 Å². The normalized spacial score (nSPS) is 16.6. The number of guanidine groups is 1. The third-order valence-electron chi connectivity index (χ3n) is 4.08. The fourth-order valence-electron chi connectivity index (χ4n) is 2.28. The van der Waals surface area contributed by atoms with Crippen LogP contribution in [0.3, 0.4) is 0 Å². The van der Waals surface area contributed by atoms with Crippen LogP contribution >= 0.6 is 24.0 Å². The number of nitrogens with two attached hydrogens (primary N) is 1. The summed E-state index contributed by atoms with van der Waals surface area (Å²) >= 11 is 0. The molecule has 8 nitrogen and oxygen atoms in total. The molecule has 9 heteroatoms. The zero-order valence-corrected chi connectivity index (χ0v) is 17.0. The fourth-order valence-corrected chi connectivity index (χ4v) is 2.28. The number of rotatable bonds is 4. The third kappa shape index (κ3) is 5.79. The van der Waals surface area contributed by atoms with Crippen molar-refractivity contribution in [2.24, 2.45) is 10.7 Å². The van der Waals surface area contributed by atoms with E-state index in [1.807, 2.05) is 13.8 Å². The number of hydrogen-bond donors (Lipinski definition) is 2. The summed E-state index contributed by atoms with van der Waals surface area (Å²) in [6.45, 7) is 6.80. The molecule has 3 N–H and O–H groups in total. The van der Waals surface area contributed by atoms with Gasteiger partial charge in [-0.05, 0) is 13.8 Å². The van der Waals surface area contributed by atoms with Gasteiger partial charge in [-0.25, -0.2) is 0 Å². The maximum atomic E-state index is 11.6. The maximum absolute atomic E-state index is 11.6.